The summed E-state index contributed by atoms with van der Waals surface area (Å²) in [5, 5.41) is 4.08. The minimum atomic E-state index is -0.439. The Balaban J connectivity index is 0.00000280. The van der Waals surface area contributed by atoms with Crippen molar-refractivity contribution in [3.8, 4) is 11.5 Å². The first-order valence-corrected chi connectivity index (χ1v) is 8.81. The third-order valence-corrected chi connectivity index (χ3v) is 4.02. The number of benzene rings is 2. The number of ether oxygens (including phenoxy) is 3. The summed E-state index contributed by atoms with van der Waals surface area (Å²) in [6.45, 7) is 4.49. The molecule has 0 aliphatic heterocycles. The van der Waals surface area contributed by atoms with Gasteiger partial charge in [-0.3, -0.25) is 4.98 Å². The number of nitrogens with one attached hydrogen (secondary N) is 1. The van der Waals surface area contributed by atoms with Crippen molar-refractivity contribution in [1.29, 1.82) is 0 Å². The molecule has 2 aromatic carbocycles. The van der Waals surface area contributed by atoms with Gasteiger partial charge in [0.25, 0.3) is 0 Å². The fourth-order valence-corrected chi connectivity index (χ4v) is 2.85. The highest BCUT2D eigenvalue weighted by Gasteiger charge is 2.19. The maximum Gasteiger partial charge on any atom is 0.341 e. The van der Waals surface area contributed by atoms with E-state index in [-0.39, 0.29) is 19.0 Å². The third-order valence-electron chi connectivity index (χ3n) is 4.02. The van der Waals surface area contributed by atoms with Crippen LogP contribution in [0.15, 0.2) is 48.7 Å². The predicted octanol–water partition coefficient (Wildman–Crippen LogP) is 4.98. The molecule has 0 aliphatic rings. The average molecular weight is 403 g/mol. The van der Waals surface area contributed by atoms with E-state index < -0.39 is 5.97 Å². The van der Waals surface area contributed by atoms with Crippen LogP contribution in [0.5, 0.6) is 11.5 Å². The molecular formula is C21H23ClN2O4. The standard InChI is InChI=1S/C21H22N2O4.ClH/c1-4-26-18-12-8-9-14-19(23-16-10-6-7-11-17(16)25-3)15(13-22-20(14)18)21(24)27-5-2;/h6-13H,4-5H2,1-3H3,(H,22,23);1H. The first-order valence-electron chi connectivity index (χ1n) is 8.81. The summed E-state index contributed by atoms with van der Waals surface area (Å²) in [6.07, 6.45) is 1.51. The van der Waals surface area contributed by atoms with Crippen molar-refractivity contribution in [1.82, 2.24) is 4.98 Å². The van der Waals surface area contributed by atoms with Crippen LogP contribution in [0.3, 0.4) is 0 Å². The number of nitrogens with zero attached hydrogens (tertiary/aromatic N) is 1. The number of para-hydroxylation sites is 3. The number of hydrogen-bond acceptors (Lipinski definition) is 6. The normalized spacial score (nSPS) is 10.1. The third kappa shape index (κ3) is 4.28. The largest absolute Gasteiger partial charge is 0.495 e. The molecule has 0 spiro atoms. The Morgan fingerprint density at radius 2 is 1.79 bits per heavy atom. The number of fused-ring (bicyclic) bond motifs is 1. The quantitative estimate of drug-likeness (QED) is 0.562. The molecule has 0 amide bonds. The van der Waals surface area contributed by atoms with Gasteiger partial charge in [-0.1, -0.05) is 24.3 Å². The minimum Gasteiger partial charge on any atom is -0.495 e. The highest BCUT2D eigenvalue weighted by Crippen LogP contribution is 2.36. The number of pyridine rings is 1. The van der Waals surface area contributed by atoms with Gasteiger partial charge in [-0.2, -0.15) is 0 Å². The molecule has 1 aromatic heterocycles. The van der Waals surface area contributed by atoms with E-state index in [0.717, 1.165) is 11.1 Å². The van der Waals surface area contributed by atoms with Gasteiger partial charge in [0.1, 0.15) is 22.6 Å². The Labute approximate surface area is 170 Å². The van der Waals surface area contributed by atoms with E-state index in [1.54, 1.807) is 14.0 Å². The zero-order valence-electron chi connectivity index (χ0n) is 16.0. The molecule has 0 saturated heterocycles. The number of esters is 1. The Morgan fingerprint density at radius 1 is 1.04 bits per heavy atom. The lowest BCUT2D eigenvalue weighted by Gasteiger charge is -2.17. The lowest BCUT2D eigenvalue weighted by molar-refractivity contribution is 0.0527. The summed E-state index contributed by atoms with van der Waals surface area (Å²) in [5.74, 6) is 0.887. The van der Waals surface area contributed by atoms with Crippen LogP contribution in [0, 0.1) is 0 Å². The summed E-state index contributed by atoms with van der Waals surface area (Å²) in [6, 6.07) is 13.1. The van der Waals surface area contributed by atoms with E-state index in [0.29, 0.717) is 34.9 Å². The number of aromatic nitrogens is 1. The van der Waals surface area contributed by atoms with Gasteiger partial charge in [-0.25, -0.2) is 4.79 Å². The second-order valence-electron chi connectivity index (χ2n) is 5.68. The Kier molecular flexibility index (Phi) is 7.46. The zero-order chi connectivity index (χ0) is 19.2. The molecule has 0 aliphatic carbocycles. The molecule has 28 heavy (non-hydrogen) atoms. The summed E-state index contributed by atoms with van der Waals surface area (Å²) >= 11 is 0. The van der Waals surface area contributed by atoms with Crippen molar-refractivity contribution in [2.24, 2.45) is 0 Å². The molecule has 0 fully saturated rings. The van der Waals surface area contributed by atoms with Crippen LogP contribution in [0.1, 0.15) is 24.2 Å². The monoisotopic (exact) mass is 402 g/mol. The molecular weight excluding hydrogens is 380 g/mol. The predicted molar refractivity (Wildman–Crippen MR) is 112 cm³/mol. The molecule has 1 N–H and O–H groups in total. The van der Waals surface area contributed by atoms with E-state index >= 15 is 0 Å². The fourth-order valence-electron chi connectivity index (χ4n) is 2.85. The number of hydrogen-bond donors (Lipinski definition) is 1. The van der Waals surface area contributed by atoms with Gasteiger partial charge in [0.05, 0.1) is 31.7 Å². The average Bonchev–Trinajstić information content (AvgIpc) is 2.69. The second-order valence-corrected chi connectivity index (χ2v) is 5.68. The molecule has 1 heterocycles. The van der Waals surface area contributed by atoms with Crippen LogP contribution >= 0.6 is 12.4 Å². The van der Waals surface area contributed by atoms with Crippen molar-refractivity contribution in [2.45, 2.75) is 13.8 Å². The Bertz CT molecular complexity index is 962. The minimum absolute atomic E-state index is 0. The van der Waals surface area contributed by atoms with E-state index in [1.807, 2.05) is 49.4 Å². The number of methoxy groups -OCH3 is 1. The van der Waals surface area contributed by atoms with Crippen molar-refractivity contribution < 1.29 is 19.0 Å². The SMILES string of the molecule is CCOC(=O)c1cnc2c(OCC)cccc2c1Nc1ccccc1OC.Cl. The summed E-state index contributed by atoms with van der Waals surface area (Å²) in [5.41, 5.74) is 2.36. The maximum atomic E-state index is 12.5. The number of carbonyl (C=O) groups is 1. The summed E-state index contributed by atoms with van der Waals surface area (Å²) < 4.78 is 16.3. The van der Waals surface area contributed by atoms with Crippen LogP contribution in [0.2, 0.25) is 0 Å². The van der Waals surface area contributed by atoms with E-state index in [1.165, 1.54) is 6.20 Å². The number of rotatable bonds is 7. The molecule has 0 unspecified atom stereocenters. The van der Waals surface area contributed by atoms with E-state index in [9.17, 15) is 4.79 Å². The van der Waals surface area contributed by atoms with Crippen LogP contribution in [-0.4, -0.2) is 31.3 Å². The van der Waals surface area contributed by atoms with Gasteiger partial charge in [-0.05, 0) is 32.0 Å². The Morgan fingerprint density at radius 3 is 2.50 bits per heavy atom. The maximum absolute atomic E-state index is 12.5. The van der Waals surface area contributed by atoms with Gasteiger partial charge < -0.3 is 19.5 Å². The fraction of sp³-hybridized carbons (Fsp3) is 0.238. The van der Waals surface area contributed by atoms with Crippen molar-refractivity contribution in [2.75, 3.05) is 25.6 Å². The molecule has 0 radical (unpaired) electrons. The molecule has 3 rings (SSSR count). The zero-order valence-corrected chi connectivity index (χ0v) is 16.8. The topological polar surface area (TPSA) is 69.7 Å². The first kappa shape index (κ1) is 21.3. The van der Waals surface area contributed by atoms with Crippen LogP contribution < -0.4 is 14.8 Å². The Hall–Kier alpha value is -2.99. The van der Waals surface area contributed by atoms with Crippen LogP contribution in [0.4, 0.5) is 11.4 Å². The number of carbonyl (C=O) groups excluding carboxylic acids is 1. The second kappa shape index (κ2) is 9.80. The lowest BCUT2D eigenvalue weighted by Crippen LogP contribution is -2.10. The molecule has 148 valence electrons. The van der Waals surface area contributed by atoms with Crippen molar-refractivity contribution in [3.05, 3.63) is 54.2 Å². The smallest absolute Gasteiger partial charge is 0.341 e. The van der Waals surface area contributed by atoms with Gasteiger partial charge in [0.15, 0.2) is 0 Å². The molecule has 7 heteroatoms. The first-order chi connectivity index (χ1) is 13.2. The van der Waals surface area contributed by atoms with Crippen molar-refractivity contribution in [3.63, 3.8) is 0 Å². The van der Waals surface area contributed by atoms with Gasteiger partial charge in [-0.15, -0.1) is 12.4 Å². The molecule has 0 atom stereocenters. The van der Waals surface area contributed by atoms with Gasteiger partial charge in [0.2, 0.25) is 0 Å². The molecule has 0 saturated carbocycles. The summed E-state index contributed by atoms with van der Waals surface area (Å²) in [7, 11) is 1.60. The molecule has 6 nitrogen and oxygen atoms in total. The highest BCUT2D eigenvalue weighted by atomic mass is 35.5. The van der Waals surface area contributed by atoms with E-state index in [2.05, 4.69) is 10.3 Å². The molecule has 0 bridgehead atoms. The van der Waals surface area contributed by atoms with Crippen LogP contribution in [-0.2, 0) is 4.74 Å². The van der Waals surface area contributed by atoms with Crippen LogP contribution in [0.25, 0.3) is 10.9 Å². The van der Waals surface area contributed by atoms with E-state index in [4.69, 9.17) is 14.2 Å². The lowest BCUT2D eigenvalue weighted by atomic mass is 10.1. The summed E-state index contributed by atoms with van der Waals surface area (Å²) in [4.78, 5) is 17.0. The van der Waals surface area contributed by atoms with Crippen molar-refractivity contribution >= 4 is 40.7 Å². The highest BCUT2D eigenvalue weighted by molar-refractivity contribution is 6.07. The number of halogens is 1. The number of anilines is 2. The van der Waals surface area contributed by atoms with Gasteiger partial charge >= 0.3 is 5.97 Å². The molecule has 3 aromatic rings. The van der Waals surface area contributed by atoms with Gasteiger partial charge in [0, 0.05) is 11.6 Å².